The third-order valence-corrected chi connectivity index (χ3v) is 3.47. The number of aromatic nitrogens is 1. The van der Waals surface area contributed by atoms with Crippen LogP contribution in [0.2, 0.25) is 0 Å². The van der Waals surface area contributed by atoms with Gasteiger partial charge in [0.25, 0.3) is 5.91 Å². The quantitative estimate of drug-likeness (QED) is 0.833. The SMILES string of the molecule is O=C(NC1(C(=O)O)CCCC1)c1cscn1. The van der Waals surface area contributed by atoms with Gasteiger partial charge in [0, 0.05) is 5.38 Å². The van der Waals surface area contributed by atoms with Gasteiger partial charge in [-0.1, -0.05) is 12.8 Å². The normalized spacial score (nSPS) is 18.2. The predicted molar refractivity (Wildman–Crippen MR) is 58.4 cm³/mol. The minimum absolute atomic E-state index is 0.289. The summed E-state index contributed by atoms with van der Waals surface area (Å²) in [6.45, 7) is 0. The van der Waals surface area contributed by atoms with E-state index in [0.717, 1.165) is 12.8 Å². The second kappa shape index (κ2) is 4.21. The number of nitrogens with one attached hydrogen (secondary N) is 1. The van der Waals surface area contributed by atoms with E-state index < -0.39 is 17.4 Å². The highest BCUT2D eigenvalue weighted by atomic mass is 32.1. The van der Waals surface area contributed by atoms with Gasteiger partial charge in [-0.15, -0.1) is 11.3 Å². The second-order valence-corrected chi connectivity index (χ2v) is 4.64. The van der Waals surface area contributed by atoms with E-state index in [1.807, 2.05) is 0 Å². The van der Waals surface area contributed by atoms with Crippen LogP contribution in [0.4, 0.5) is 0 Å². The maximum atomic E-state index is 11.7. The summed E-state index contributed by atoms with van der Waals surface area (Å²) in [6.07, 6.45) is 2.67. The van der Waals surface area contributed by atoms with E-state index >= 15 is 0 Å². The maximum Gasteiger partial charge on any atom is 0.329 e. The van der Waals surface area contributed by atoms with E-state index in [-0.39, 0.29) is 5.69 Å². The number of rotatable bonds is 3. The molecule has 1 aliphatic carbocycles. The summed E-state index contributed by atoms with van der Waals surface area (Å²) >= 11 is 1.31. The fourth-order valence-corrected chi connectivity index (χ4v) is 2.51. The topological polar surface area (TPSA) is 79.3 Å². The van der Waals surface area contributed by atoms with Crippen LogP contribution in [0.25, 0.3) is 0 Å². The average molecular weight is 240 g/mol. The van der Waals surface area contributed by atoms with E-state index in [2.05, 4.69) is 10.3 Å². The van der Waals surface area contributed by atoms with Gasteiger partial charge in [-0.05, 0) is 12.8 Å². The lowest BCUT2D eigenvalue weighted by molar-refractivity contribution is -0.144. The molecule has 0 spiro atoms. The first kappa shape index (κ1) is 11.1. The van der Waals surface area contributed by atoms with Gasteiger partial charge in [-0.3, -0.25) is 4.79 Å². The minimum Gasteiger partial charge on any atom is -0.480 e. The van der Waals surface area contributed by atoms with Crippen LogP contribution in [-0.2, 0) is 4.79 Å². The summed E-state index contributed by atoms with van der Waals surface area (Å²) in [5.41, 5.74) is 0.759. The Morgan fingerprint density at radius 3 is 2.62 bits per heavy atom. The van der Waals surface area contributed by atoms with Gasteiger partial charge in [0.15, 0.2) is 0 Å². The average Bonchev–Trinajstić information content (AvgIpc) is 2.88. The van der Waals surface area contributed by atoms with Crippen molar-refractivity contribution < 1.29 is 14.7 Å². The molecule has 0 aromatic carbocycles. The molecule has 1 aromatic rings. The molecular formula is C10H12N2O3S. The Labute approximate surface area is 96.5 Å². The molecule has 1 heterocycles. The number of nitrogens with zero attached hydrogens (tertiary/aromatic N) is 1. The standard InChI is InChI=1S/C10H12N2O3S/c13-8(7-5-16-6-11-7)12-10(9(14)15)3-1-2-4-10/h5-6H,1-4H2,(H,12,13)(H,14,15). The van der Waals surface area contributed by atoms with Gasteiger partial charge >= 0.3 is 5.97 Å². The van der Waals surface area contributed by atoms with Crippen LogP contribution in [-0.4, -0.2) is 27.5 Å². The molecule has 1 aromatic heterocycles. The zero-order valence-electron chi connectivity index (χ0n) is 8.60. The number of aliphatic carboxylic acids is 1. The summed E-state index contributed by atoms with van der Waals surface area (Å²) < 4.78 is 0. The monoisotopic (exact) mass is 240 g/mol. The molecule has 5 nitrogen and oxygen atoms in total. The third-order valence-electron chi connectivity index (χ3n) is 2.88. The third kappa shape index (κ3) is 1.92. The molecule has 1 amide bonds. The molecule has 2 N–H and O–H groups in total. The molecule has 1 aliphatic rings. The van der Waals surface area contributed by atoms with Crippen LogP contribution < -0.4 is 5.32 Å². The zero-order chi connectivity index (χ0) is 11.6. The number of carbonyl (C=O) groups excluding carboxylic acids is 1. The largest absolute Gasteiger partial charge is 0.480 e. The van der Waals surface area contributed by atoms with E-state index in [1.54, 1.807) is 10.9 Å². The van der Waals surface area contributed by atoms with Crippen molar-refractivity contribution in [1.29, 1.82) is 0 Å². The first-order valence-corrected chi connectivity index (χ1v) is 6.02. The van der Waals surface area contributed by atoms with Crippen LogP contribution in [0.3, 0.4) is 0 Å². The van der Waals surface area contributed by atoms with Crippen LogP contribution in [0.15, 0.2) is 10.9 Å². The van der Waals surface area contributed by atoms with Crippen molar-refractivity contribution in [3.63, 3.8) is 0 Å². The fraction of sp³-hybridized carbons (Fsp3) is 0.500. The van der Waals surface area contributed by atoms with Crippen LogP contribution in [0.1, 0.15) is 36.2 Å². The van der Waals surface area contributed by atoms with Gasteiger partial charge in [0.2, 0.25) is 0 Å². The molecule has 0 saturated heterocycles. The molecule has 16 heavy (non-hydrogen) atoms. The van der Waals surface area contributed by atoms with Gasteiger partial charge in [0.05, 0.1) is 5.51 Å². The van der Waals surface area contributed by atoms with Gasteiger partial charge in [-0.25, -0.2) is 9.78 Å². The Bertz CT molecular complexity index is 396. The summed E-state index contributed by atoms with van der Waals surface area (Å²) in [4.78, 5) is 26.8. The molecule has 0 radical (unpaired) electrons. The van der Waals surface area contributed by atoms with Crippen LogP contribution in [0.5, 0.6) is 0 Å². The lowest BCUT2D eigenvalue weighted by Crippen LogP contribution is -2.52. The Morgan fingerprint density at radius 1 is 1.44 bits per heavy atom. The molecule has 6 heteroatoms. The number of carboxylic acids is 1. The Balaban J connectivity index is 2.13. The van der Waals surface area contributed by atoms with E-state index in [9.17, 15) is 14.7 Å². The Morgan fingerprint density at radius 2 is 2.12 bits per heavy atom. The molecule has 0 atom stereocenters. The minimum atomic E-state index is -1.08. The van der Waals surface area contributed by atoms with E-state index in [4.69, 9.17) is 0 Å². The lowest BCUT2D eigenvalue weighted by atomic mass is 9.98. The lowest BCUT2D eigenvalue weighted by Gasteiger charge is -2.24. The van der Waals surface area contributed by atoms with Crippen LogP contribution >= 0.6 is 11.3 Å². The van der Waals surface area contributed by atoms with E-state index in [0.29, 0.717) is 12.8 Å². The molecule has 0 unspecified atom stereocenters. The van der Waals surface area contributed by atoms with Crippen molar-refractivity contribution in [3.05, 3.63) is 16.6 Å². The molecule has 2 rings (SSSR count). The highest BCUT2D eigenvalue weighted by molar-refractivity contribution is 7.07. The highest BCUT2D eigenvalue weighted by Crippen LogP contribution is 2.30. The van der Waals surface area contributed by atoms with Crippen LogP contribution in [0, 0.1) is 0 Å². The van der Waals surface area contributed by atoms with Crippen molar-refractivity contribution in [1.82, 2.24) is 10.3 Å². The number of hydrogen-bond donors (Lipinski definition) is 2. The number of carbonyl (C=O) groups is 2. The van der Waals surface area contributed by atoms with Gasteiger partial charge in [0.1, 0.15) is 11.2 Å². The Kier molecular flexibility index (Phi) is 2.91. The van der Waals surface area contributed by atoms with Crippen molar-refractivity contribution in [3.8, 4) is 0 Å². The van der Waals surface area contributed by atoms with Gasteiger partial charge < -0.3 is 10.4 Å². The number of amides is 1. The fourth-order valence-electron chi connectivity index (χ4n) is 1.98. The first-order chi connectivity index (χ1) is 7.64. The van der Waals surface area contributed by atoms with Crippen molar-refractivity contribution in [2.24, 2.45) is 0 Å². The number of carboxylic acid groups (broad SMARTS) is 1. The van der Waals surface area contributed by atoms with Crippen molar-refractivity contribution in [2.45, 2.75) is 31.2 Å². The first-order valence-electron chi connectivity index (χ1n) is 5.08. The van der Waals surface area contributed by atoms with Gasteiger partial charge in [-0.2, -0.15) is 0 Å². The summed E-state index contributed by atoms with van der Waals surface area (Å²) in [6, 6.07) is 0. The van der Waals surface area contributed by atoms with Crippen molar-refractivity contribution in [2.75, 3.05) is 0 Å². The molecule has 86 valence electrons. The zero-order valence-corrected chi connectivity index (χ0v) is 9.42. The van der Waals surface area contributed by atoms with Crippen molar-refractivity contribution >= 4 is 23.2 Å². The molecule has 1 saturated carbocycles. The number of thiazole rings is 1. The molecule has 0 bridgehead atoms. The molecule has 1 fully saturated rings. The Hall–Kier alpha value is -1.43. The summed E-state index contributed by atoms with van der Waals surface area (Å²) in [7, 11) is 0. The summed E-state index contributed by atoms with van der Waals surface area (Å²) in [5.74, 6) is -1.35. The predicted octanol–water partition coefficient (Wildman–Crippen LogP) is 1.27. The highest BCUT2D eigenvalue weighted by Gasteiger charge is 2.42. The molecule has 0 aliphatic heterocycles. The molecular weight excluding hydrogens is 228 g/mol. The smallest absolute Gasteiger partial charge is 0.329 e. The number of hydrogen-bond acceptors (Lipinski definition) is 4. The summed E-state index contributed by atoms with van der Waals surface area (Å²) in [5, 5.41) is 13.4. The second-order valence-electron chi connectivity index (χ2n) is 3.92. The maximum absolute atomic E-state index is 11.7. The van der Waals surface area contributed by atoms with E-state index in [1.165, 1.54) is 11.3 Å².